The van der Waals surface area contributed by atoms with E-state index in [1.165, 1.54) is 0 Å². The Morgan fingerprint density at radius 2 is 2.21 bits per heavy atom. The average molecular weight is 198 g/mol. The van der Waals surface area contributed by atoms with Crippen LogP contribution in [0.3, 0.4) is 0 Å². The molecule has 0 aromatic heterocycles. The van der Waals surface area contributed by atoms with Gasteiger partial charge in [0, 0.05) is 5.57 Å². The van der Waals surface area contributed by atoms with Gasteiger partial charge in [0.1, 0.15) is 0 Å². The molecule has 4 nitrogen and oxygen atoms in total. The van der Waals surface area contributed by atoms with Crippen LogP contribution in [0.1, 0.15) is 26.7 Å². The molecular formula is C10H14O4. The van der Waals surface area contributed by atoms with Crippen LogP contribution in [0.2, 0.25) is 0 Å². The average Bonchev–Trinajstić information content (AvgIpc) is 2.09. The number of carbonyl (C=O) groups excluding carboxylic acids is 2. The van der Waals surface area contributed by atoms with Gasteiger partial charge >= 0.3 is 11.9 Å². The van der Waals surface area contributed by atoms with Crippen molar-refractivity contribution < 1.29 is 19.1 Å². The van der Waals surface area contributed by atoms with Gasteiger partial charge in [-0.2, -0.15) is 0 Å². The predicted octanol–water partition coefficient (Wildman–Crippen LogP) is 1.20. The van der Waals surface area contributed by atoms with Crippen LogP contribution in [0.25, 0.3) is 0 Å². The third-order valence-electron chi connectivity index (χ3n) is 2.01. The van der Waals surface area contributed by atoms with Crippen LogP contribution >= 0.6 is 0 Å². The minimum atomic E-state index is -0.754. The maximum atomic E-state index is 11.2. The van der Waals surface area contributed by atoms with Crippen molar-refractivity contribution in [1.29, 1.82) is 0 Å². The molecule has 0 aromatic carbocycles. The lowest BCUT2D eigenvalue weighted by Gasteiger charge is -2.25. The molecule has 0 aromatic rings. The van der Waals surface area contributed by atoms with Crippen LogP contribution in [-0.4, -0.2) is 24.1 Å². The number of hydrogen-bond donors (Lipinski definition) is 0. The van der Waals surface area contributed by atoms with E-state index in [9.17, 15) is 9.59 Å². The number of cyclic esters (lactones) is 1. The Morgan fingerprint density at radius 1 is 1.57 bits per heavy atom. The summed E-state index contributed by atoms with van der Waals surface area (Å²) in [5.41, 5.74) is 0.288. The maximum Gasteiger partial charge on any atom is 0.347 e. The van der Waals surface area contributed by atoms with Crippen molar-refractivity contribution in [2.45, 2.75) is 38.9 Å². The zero-order valence-electron chi connectivity index (χ0n) is 8.41. The van der Waals surface area contributed by atoms with E-state index < -0.39 is 18.0 Å². The molecule has 1 fully saturated rings. The molecule has 0 radical (unpaired) electrons. The molecule has 0 aliphatic carbocycles. The lowest BCUT2D eigenvalue weighted by atomic mass is 10.1. The Hall–Kier alpha value is -1.32. The van der Waals surface area contributed by atoms with Gasteiger partial charge in [-0.25, -0.2) is 9.59 Å². The molecule has 1 saturated heterocycles. The molecule has 2 unspecified atom stereocenters. The zero-order chi connectivity index (χ0) is 10.7. The highest BCUT2D eigenvalue weighted by Crippen LogP contribution is 2.17. The molecule has 4 heteroatoms. The van der Waals surface area contributed by atoms with Gasteiger partial charge in [0.15, 0.2) is 6.10 Å². The summed E-state index contributed by atoms with van der Waals surface area (Å²) in [6, 6.07) is 0. The van der Waals surface area contributed by atoms with Gasteiger partial charge in [-0.15, -0.1) is 0 Å². The van der Waals surface area contributed by atoms with Crippen LogP contribution in [0.15, 0.2) is 12.2 Å². The molecule has 78 valence electrons. The van der Waals surface area contributed by atoms with E-state index in [4.69, 9.17) is 9.47 Å². The van der Waals surface area contributed by atoms with Crippen LogP contribution in [0, 0.1) is 0 Å². The normalized spacial score (nSPS) is 26.6. The van der Waals surface area contributed by atoms with Crippen molar-refractivity contribution in [3.05, 3.63) is 12.2 Å². The smallest absolute Gasteiger partial charge is 0.347 e. The Bertz CT molecular complexity index is 269. The standard InChI is InChI=1S/C10H14O4/c1-6(2)9(11)14-8-5-4-7(3)13-10(8)12/h7-8H,1,4-5H2,2-3H3. The summed E-state index contributed by atoms with van der Waals surface area (Å²) < 4.78 is 9.83. The summed E-state index contributed by atoms with van der Waals surface area (Å²) in [6.07, 6.45) is 0.413. The fourth-order valence-electron chi connectivity index (χ4n) is 1.17. The van der Waals surface area contributed by atoms with Crippen molar-refractivity contribution in [3.63, 3.8) is 0 Å². The lowest BCUT2D eigenvalue weighted by molar-refractivity contribution is -0.175. The largest absolute Gasteiger partial charge is 0.460 e. The monoisotopic (exact) mass is 198 g/mol. The highest BCUT2D eigenvalue weighted by Gasteiger charge is 2.30. The van der Waals surface area contributed by atoms with Crippen molar-refractivity contribution in [1.82, 2.24) is 0 Å². The molecule has 0 N–H and O–H groups in total. The van der Waals surface area contributed by atoms with E-state index in [0.29, 0.717) is 6.42 Å². The lowest BCUT2D eigenvalue weighted by Crippen LogP contribution is -2.36. The fourth-order valence-corrected chi connectivity index (χ4v) is 1.17. The van der Waals surface area contributed by atoms with Crippen molar-refractivity contribution in [2.75, 3.05) is 0 Å². The molecule has 0 amide bonds. The van der Waals surface area contributed by atoms with E-state index in [2.05, 4.69) is 6.58 Å². The topological polar surface area (TPSA) is 52.6 Å². The molecule has 0 bridgehead atoms. The molecular weight excluding hydrogens is 184 g/mol. The quantitative estimate of drug-likeness (QED) is 0.494. The van der Waals surface area contributed by atoms with E-state index >= 15 is 0 Å². The van der Waals surface area contributed by atoms with Crippen LogP contribution in [0.5, 0.6) is 0 Å². The molecule has 14 heavy (non-hydrogen) atoms. The highest BCUT2D eigenvalue weighted by atomic mass is 16.6. The second kappa shape index (κ2) is 4.26. The fraction of sp³-hybridized carbons (Fsp3) is 0.600. The number of ether oxygens (including phenoxy) is 2. The summed E-state index contributed by atoms with van der Waals surface area (Å²) in [7, 11) is 0. The van der Waals surface area contributed by atoms with Crippen molar-refractivity contribution in [3.8, 4) is 0 Å². The number of rotatable bonds is 2. The van der Waals surface area contributed by atoms with Crippen molar-refractivity contribution >= 4 is 11.9 Å². The SMILES string of the molecule is C=C(C)C(=O)OC1CCC(C)OC1=O. The molecule has 1 aliphatic rings. The Balaban J connectivity index is 2.50. The summed E-state index contributed by atoms with van der Waals surface area (Å²) in [5, 5.41) is 0. The summed E-state index contributed by atoms with van der Waals surface area (Å²) in [6.45, 7) is 6.79. The second-order valence-corrected chi connectivity index (χ2v) is 3.50. The van der Waals surface area contributed by atoms with Crippen LogP contribution in [0.4, 0.5) is 0 Å². The maximum absolute atomic E-state index is 11.2. The molecule has 1 aliphatic heterocycles. The van der Waals surface area contributed by atoms with Gasteiger partial charge in [0.05, 0.1) is 6.10 Å². The summed E-state index contributed by atoms with van der Waals surface area (Å²) in [4.78, 5) is 22.3. The number of esters is 2. The molecule has 0 saturated carbocycles. The van der Waals surface area contributed by atoms with Gasteiger partial charge in [-0.05, 0) is 26.7 Å². The third kappa shape index (κ3) is 2.58. The minimum Gasteiger partial charge on any atom is -0.460 e. The van der Waals surface area contributed by atoms with E-state index in [1.54, 1.807) is 6.92 Å². The van der Waals surface area contributed by atoms with Gasteiger partial charge in [0.25, 0.3) is 0 Å². The van der Waals surface area contributed by atoms with Gasteiger partial charge in [-0.3, -0.25) is 0 Å². The third-order valence-corrected chi connectivity index (χ3v) is 2.01. The van der Waals surface area contributed by atoms with E-state index in [0.717, 1.165) is 6.42 Å². The Morgan fingerprint density at radius 3 is 2.71 bits per heavy atom. The number of hydrogen-bond acceptors (Lipinski definition) is 4. The molecule has 2 atom stereocenters. The van der Waals surface area contributed by atoms with E-state index in [-0.39, 0.29) is 11.7 Å². The first-order chi connectivity index (χ1) is 6.50. The van der Waals surface area contributed by atoms with Gasteiger partial charge < -0.3 is 9.47 Å². The molecule has 1 rings (SSSR count). The molecule has 0 spiro atoms. The van der Waals surface area contributed by atoms with Crippen LogP contribution < -0.4 is 0 Å². The summed E-state index contributed by atoms with van der Waals surface area (Å²) in [5.74, 6) is -1.00. The molecule has 1 heterocycles. The first-order valence-corrected chi connectivity index (χ1v) is 4.57. The second-order valence-electron chi connectivity index (χ2n) is 3.50. The first-order valence-electron chi connectivity index (χ1n) is 4.57. The van der Waals surface area contributed by atoms with Gasteiger partial charge in [-0.1, -0.05) is 6.58 Å². The van der Waals surface area contributed by atoms with E-state index in [1.807, 2.05) is 6.92 Å². The summed E-state index contributed by atoms with van der Waals surface area (Å²) >= 11 is 0. The Kier molecular flexibility index (Phi) is 3.28. The highest BCUT2D eigenvalue weighted by molar-refractivity contribution is 5.89. The van der Waals surface area contributed by atoms with Gasteiger partial charge in [0.2, 0.25) is 0 Å². The van der Waals surface area contributed by atoms with Crippen molar-refractivity contribution in [2.24, 2.45) is 0 Å². The number of carbonyl (C=O) groups is 2. The van der Waals surface area contributed by atoms with Crippen LogP contribution in [-0.2, 0) is 19.1 Å². The predicted molar refractivity (Wildman–Crippen MR) is 49.5 cm³/mol. The first kappa shape index (κ1) is 10.8. The zero-order valence-corrected chi connectivity index (χ0v) is 8.41. The minimum absolute atomic E-state index is 0.0812. The Labute approximate surface area is 82.9 Å².